The lowest BCUT2D eigenvalue weighted by atomic mass is 10.1. The van der Waals surface area contributed by atoms with Crippen molar-refractivity contribution in [1.82, 2.24) is 10.2 Å². The predicted octanol–water partition coefficient (Wildman–Crippen LogP) is 5.99. The van der Waals surface area contributed by atoms with E-state index in [4.69, 9.17) is 23.2 Å². The van der Waals surface area contributed by atoms with E-state index in [1.165, 1.54) is 11.8 Å². The minimum Gasteiger partial charge on any atom is -0.350 e. The molecule has 32 heavy (non-hydrogen) atoms. The monoisotopic (exact) mass is 494 g/mol. The van der Waals surface area contributed by atoms with Crippen LogP contribution in [-0.2, 0) is 21.8 Å². The molecule has 2 rings (SSSR count). The summed E-state index contributed by atoms with van der Waals surface area (Å²) in [5.74, 6) is 0.700. The van der Waals surface area contributed by atoms with Gasteiger partial charge in [0.2, 0.25) is 11.8 Å². The highest BCUT2D eigenvalue weighted by atomic mass is 35.5. The molecular weight excluding hydrogens is 463 g/mol. The average Bonchev–Trinajstić information content (AvgIpc) is 2.72. The minimum absolute atomic E-state index is 0.0491. The number of carbonyl (C=O) groups excluding carboxylic acids is 2. The van der Waals surface area contributed by atoms with Crippen molar-refractivity contribution in [2.24, 2.45) is 0 Å². The maximum absolute atomic E-state index is 13.2. The molecule has 0 saturated carbocycles. The summed E-state index contributed by atoms with van der Waals surface area (Å²) in [5, 5.41) is 4.21. The third kappa shape index (κ3) is 8.68. The third-order valence-electron chi connectivity index (χ3n) is 4.87. The van der Waals surface area contributed by atoms with Crippen LogP contribution in [0.3, 0.4) is 0 Å². The molecule has 2 aromatic rings. The largest absolute Gasteiger partial charge is 0.350 e. The Balaban J connectivity index is 2.10. The topological polar surface area (TPSA) is 49.4 Å². The predicted molar refractivity (Wildman–Crippen MR) is 136 cm³/mol. The van der Waals surface area contributed by atoms with Gasteiger partial charge in [-0.3, -0.25) is 9.59 Å². The zero-order chi connectivity index (χ0) is 23.7. The summed E-state index contributed by atoms with van der Waals surface area (Å²) < 4.78 is 0. The van der Waals surface area contributed by atoms with Crippen molar-refractivity contribution in [3.63, 3.8) is 0 Å². The van der Waals surface area contributed by atoms with Gasteiger partial charge in [-0.2, -0.15) is 0 Å². The summed E-state index contributed by atoms with van der Waals surface area (Å²) in [4.78, 5) is 27.9. The zero-order valence-corrected chi connectivity index (χ0v) is 21.5. The molecule has 0 bridgehead atoms. The maximum Gasteiger partial charge on any atom is 0.243 e. The van der Waals surface area contributed by atoms with Crippen LogP contribution < -0.4 is 5.32 Å². The fraction of sp³-hybridized carbons (Fsp3) is 0.440. The first kappa shape index (κ1) is 26.6. The third-order valence-corrected chi connectivity index (χ3v) is 6.42. The number of hydrogen-bond acceptors (Lipinski definition) is 3. The van der Waals surface area contributed by atoms with Gasteiger partial charge in [0, 0.05) is 27.9 Å². The molecule has 1 atom stereocenters. The Bertz CT molecular complexity index is 901. The lowest BCUT2D eigenvalue weighted by Crippen LogP contribution is -2.54. The Labute approximate surface area is 206 Å². The average molecular weight is 496 g/mol. The summed E-state index contributed by atoms with van der Waals surface area (Å²) >= 11 is 13.7. The van der Waals surface area contributed by atoms with Crippen LogP contribution in [0, 0.1) is 0 Å². The second-order valence-corrected chi connectivity index (χ2v) is 10.5. The first-order chi connectivity index (χ1) is 15.1. The molecule has 7 heteroatoms. The van der Waals surface area contributed by atoms with E-state index in [1.807, 2.05) is 64.1 Å². The molecule has 2 aromatic carbocycles. The number of amides is 2. The van der Waals surface area contributed by atoms with E-state index >= 15 is 0 Å². The summed E-state index contributed by atoms with van der Waals surface area (Å²) in [7, 11) is 0. The van der Waals surface area contributed by atoms with E-state index in [1.54, 1.807) is 17.0 Å². The Hall–Kier alpha value is -1.69. The summed E-state index contributed by atoms with van der Waals surface area (Å²) in [5.41, 5.74) is 1.71. The van der Waals surface area contributed by atoms with Gasteiger partial charge in [-0.05, 0) is 56.9 Å². The van der Waals surface area contributed by atoms with Gasteiger partial charge in [0.1, 0.15) is 6.04 Å². The molecule has 0 fully saturated rings. The van der Waals surface area contributed by atoms with Crippen molar-refractivity contribution in [1.29, 1.82) is 0 Å². The molecule has 174 valence electrons. The van der Waals surface area contributed by atoms with Crippen LogP contribution in [0.1, 0.15) is 45.2 Å². The van der Waals surface area contributed by atoms with Crippen molar-refractivity contribution >= 4 is 46.8 Å². The molecule has 4 nitrogen and oxygen atoms in total. The number of thioether (sulfide) groups is 1. The van der Waals surface area contributed by atoms with Crippen LogP contribution >= 0.6 is 35.0 Å². The normalized spacial score (nSPS) is 12.3. The quantitative estimate of drug-likeness (QED) is 0.441. The Morgan fingerprint density at radius 2 is 1.78 bits per heavy atom. The van der Waals surface area contributed by atoms with E-state index in [9.17, 15) is 9.59 Å². The smallest absolute Gasteiger partial charge is 0.243 e. The number of rotatable bonds is 10. The number of nitrogens with zero attached hydrogens (tertiary/aromatic N) is 1. The van der Waals surface area contributed by atoms with E-state index < -0.39 is 6.04 Å². The fourth-order valence-corrected chi connectivity index (χ4v) is 4.79. The lowest BCUT2D eigenvalue weighted by Gasteiger charge is -2.33. The number of carbonyl (C=O) groups is 2. The molecule has 0 radical (unpaired) electrons. The second-order valence-electron chi connectivity index (χ2n) is 8.71. The fourth-order valence-electron chi connectivity index (χ4n) is 3.32. The lowest BCUT2D eigenvalue weighted by molar-refractivity contribution is -0.139. The van der Waals surface area contributed by atoms with Crippen LogP contribution in [-0.4, -0.2) is 40.6 Å². The molecule has 0 spiro atoms. The molecule has 1 unspecified atom stereocenters. The van der Waals surface area contributed by atoms with Crippen LogP contribution in [0.25, 0.3) is 0 Å². The highest BCUT2D eigenvalue weighted by molar-refractivity contribution is 7.99. The van der Waals surface area contributed by atoms with Crippen LogP contribution in [0.15, 0.2) is 48.5 Å². The number of halogens is 2. The van der Waals surface area contributed by atoms with Crippen LogP contribution in [0.5, 0.6) is 0 Å². The van der Waals surface area contributed by atoms with Gasteiger partial charge in [-0.15, -0.1) is 11.8 Å². The van der Waals surface area contributed by atoms with Gasteiger partial charge < -0.3 is 10.2 Å². The zero-order valence-electron chi connectivity index (χ0n) is 19.2. The molecule has 2 amide bonds. The van der Waals surface area contributed by atoms with E-state index in [0.717, 1.165) is 11.1 Å². The Kier molecular flexibility index (Phi) is 10.4. The number of hydrogen-bond donors (Lipinski definition) is 1. The number of benzene rings is 2. The molecule has 0 aliphatic heterocycles. The van der Waals surface area contributed by atoms with Gasteiger partial charge >= 0.3 is 0 Å². The van der Waals surface area contributed by atoms with Crippen molar-refractivity contribution in [2.45, 2.75) is 57.9 Å². The summed E-state index contributed by atoms with van der Waals surface area (Å²) in [6.07, 6.45) is 1.25. The molecule has 0 aromatic heterocycles. The van der Waals surface area contributed by atoms with Gasteiger partial charge in [0.25, 0.3) is 0 Å². The first-order valence-electron chi connectivity index (χ1n) is 10.8. The molecule has 0 heterocycles. The van der Waals surface area contributed by atoms with Crippen molar-refractivity contribution < 1.29 is 9.59 Å². The summed E-state index contributed by atoms with van der Waals surface area (Å²) in [6.45, 7) is 8.26. The second kappa shape index (κ2) is 12.5. The molecule has 0 aliphatic carbocycles. The van der Waals surface area contributed by atoms with Gasteiger partial charge in [0.05, 0.1) is 5.75 Å². The first-order valence-corrected chi connectivity index (χ1v) is 12.7. The Morgan fingerprint density at radius 1 is 1.09 bits per heavy atom. The van der Waals surface area contributed by atoms with Crippen LogP contribution in [0.2, 0.25) is 10.0 Å². The standard InChI is InChI=1S/C25H32Cl2N2O2S/c1-5-22(24(31)28-25(2,3)4)29(14-13-18-9-7-6-8-10-18)23(30)17-32-16-19-11-12-20(26)15-21(19)27/h6-12,15,22H,5,13-14,16-17H2,1-4H3,(H,28,31). The minimum atomic E-state index is -0.509. The SMILES string of the molecule is CCC(C(=O)NC(C)(C)C)N(CCc1ccccc1)C(=O)CSCc1ccc(Cl)cc1Cl. The van der Waals surface area contributed by atoms with E-state index in [-0.39, 0.29) is 23.1 Å². The molecule has 0 saturated heterocycles. The molecule has 0 aliphatic rings. The van der Waals surface area contributed by atoms with E-state index in [0.29, 0.717) is 35.2 Å². The molecule has 1 N–H and O–H groups in total. The maximum atomic E-state index is 13.2. The highest BCUT2D eigenvalue weighted by Gasteiger charge is 2.30. The van der Waals surface area contributed by atoms with E-state index in [2.05, 4.69) is 5.32 Å². The molecular formula is C25H32Cl2N2O2S. The summed E-state index contributed by atoms with van der Waals surface area (Å²) in [6, 6.07) is 14.9. The van der Waals surface area contributed by atoms with Gasteiger partial charge in [0.15, 0.2) is 0 Å². The van der Waals surface area contributed by atoms with Gasteiger partial charge in [-0.1, -0.05) is 66.5 Å². The van der Waals surface area contributed by atoms with Crippen LogP contribution in [0.4, 0.5) is 0 Å². The van der Waals surface area contributed by atoms with Crippen molar-refractivity contribution in [3.8, 4) is 0 Å². The number of nitrogens with one attached hydrogen (secondary N) is 1. The Morgan fingerprint density at radius 3 is 2.38 bits per heavy atom. The highest BCUT2D eigenvalue weighted by Crippen LogP contribution is 2.25. The van der Waals surface area contributed by atoms with Crippen molar-refractivity contribution in [3.05, 3.63) is 69.7 Å². The van der Waals surface area contributed by atoms with Crippen molar-refractivity contribution in [2.75, 3.05) is 12.3 Å². The van der Waals surface area contributed by atoms with Gasteiger partial charge in [-0.25, -0.2) is 0 Å².